The first-order valence-corrected chi connectivity index (χ1v) is 4.00. The van der Waals surface area contributed by atoms with Gasteiger partial charge < -0.3 is 4.84 Å². The van der Waals surface area contributed by atoms with Gasteiger partial charge in [-0.05, 0) is 6.42 Å². The van der Waals surface area contributed by atoms with E-state index in [1.54, 1.807) is 0 Å². The predicted octanol–water partition coefficient (Wildman–Crippen LogP) is 2.90. The number of hydrogen-bond acceptors (Lipinski definition) is 3. The quantitative estimate of drug-likeness (QED) is 0.467. The lowest BCUT2D eigenvalue weighted by molar-refractivity contribution is -0.0230. The van der Waals surface area contributed by atoms with Crippen LogP contribution in [0.15, 0.2) is 5.34 Å². The minimum Gasteiger partial charge on any atom is -0.360 e. The third-order valence-corrected chi connectivity index (χ3v) is 1.69. The lowest BCUT2D eigenvalue weighted by Crippen LogP contribution is -2.27. The van der Waals surface area contributed by atoms with Gasteiger partial charge >= 0.3 is 0 Å². The van der Waals surface area contributed by atoms with Crippen LogP contribution in [-0.2, 0) is 4.84 Å². The maximum Gasteiger partial charge on any atom is 0.155 e. The highest BCUT2D eigenvalue weighted by atomic mass is 16.7. The average Bonchev–Trinajstić information content (AvgIpc) is 1.85. The molecule has 0 amide bonds. The Labute approximate surface area is 68.1 Å². The molecule has 0 aliphatic rings. The van der Waals surface area contributed by atoms with Crippen LogP contribution >= 0.6 is 0 Å². The van der Waals surface area contributed by atoms with E-state index >= 15 is 0 Å². The van der Waals surface area contributed by atoms with Crippen LogP contribution in [0.2, 0.25) is 0 Å². The van der Waals surface area contributed by atoms with Crippen LogP contribution in [0.5, 0.6) is 0 Å². The van der Waals surface area contributed by atoms with Crippen molar-refractivity contribution in [3.05, 3.63) is 4.91 Å². The van der Waals surface area contributed by atoms with Crippen molar-refractivity contribution >= 4 is 0 Å². The number of hydrogen-bond donors (Lipinski definition) is 0. The van der Waals surface area contributed by atoms with Crippen molar-refractivity contribution in [2.45, 2.75) is 46.6 Å². The van der Waals surface area contributed by atoms with Gasteiger partial charge in [0, 0.05) is 5.41 Å². The van der Waals surface area contributed by atoms with Crippen molar-refractivity contribution in [3.8, 4) is 0 Å². The van der Waals surface area contributed by atoms with Crippen LogP contribution in [0.4, 0.5) is 0 Å². The second-order valence-electron chi connectivity index (χ2n) is 3.82. The molecule has 0 saturated carbocycles. The van der Waals surface area contributed by atoms with Gasteiger partial charge in [-0.2, -0.15) is 0 Å². The van der Waals surface area contributed by atoms with Gasteiger partial charge in [-0.1, -0.05) is 34.1 Å². The Morgan fingerprint density at radius 2 is 2.00 bits per heavy atom. The fourth-order valence-electron chi connectivity index (χ4n) is 0.958. The molecular formula is C8H17NO2. The Bertz CT molecular complexity index is 118. The smallest absolute Gasteiger partial charge is 0.155 e. The van der Waals surface area contributed by atoms with Gasteiger partial charge in [0.1, 0.15) is 6.10 Å². The predicted molar refractivity (Wildman–Crippen MR) is 45.0 cm³/mol. The summed E-state index contributed by atoms with van der Waals surface area (Å²) in [5.74, 6) is 0. The van der Waals surface area contributed by atoms with Gasteiger partial charge in [-0.15, -0.1) is 4.91 Å². The van der Waals surface area contributed by atoms with Gasteiger partial charge in [-0.3, -0.25) is 0 Å². The fraction of sp³-hybridized carbons (Fsp3) is 1.00. The summed E-state index contributed by atoms with van der Waals surface area (Å²) in [6.45, 7) is 8.18. The van der Waals surface area contributed by atoms with Gasteiger partial charge in [0.2, 0.25) is 0 Å². The molecule has 0 aromatic heterocycles. The highest BCUT2D eigenvalue weighted by Gasteiger charge is 2.25. The van der Waals surface area contributed by atoms with E-state index in [-0.39, 0.29) is 11.5 Å². The second-order valence-corrected chi connectivity index (χ2v) is 3.82. The summed E-state index contributed by atoms with van der Waals surface area (Å²) < 4.78 is 0. The van der Waals surface area contributed by atoms with Gasteiger partial charge in [-0.25, -0.2) is 0 Å². The molecule has 0 rings (SSSR count). The molecule has 0 N–H and O–H groups in total. The van der Waals surface area contributed by atoms with E-state index in [2.05, 4.69) is 12.3 Å². The highest BCUT2D eigenvalue weighted by Crippen LogP contribution is 2.25. The molecule has 0 bridgehead atoms. The Balaban J connectivity index is 3.97. The fourth-order valence-corrected chi connectivity index (χ4v) is 0.958. The molecule has 0 aromatic rings. The summed E-state index contributed by atoms with van der Waals surface area (Å²) in [7, 11) is 0. The summed E-state index contributed by atoms with van der Waals surface area (Å²) >= 11 is 0. The van der Waals surface area contributed by atoms with Crippen molar-refractivity contribution in [2.24, 2.45) is 10.8 Å². The van der Waals surface area contributed by atoms with E-state index in [0.29, 0.717) is 0 Å². The van der Waals surface area contributed by atoms with Crippen LogP contribution in [0.25, 0.3) is 0 Å². The molecule has 0 fully saturated rings. The third kappa shape index (κ3) is 3.96. The summed E-state index contributed by atoms with van der Waals surface area (Å²) in [5.41, 5.74) is 0.00389. The molecule has 0 aromatic carbocycles. The molecular weight excluding hydrogens is 142 g/mol. The zero-order valence-electron chi connectivity index (χ0n) is 7.76. The largest absolute Gasteiger partial charge is 0.360 e. The molecule has 0 aliphatic heterocycles. The van der Waals surface area contributed by atoms with Gasteiger partial charge in [0.25, 0.3) is 0 Å². The van der Waals surface area contributed by atoms with Crippen molar-refractivity contribution < 1.29 is 4.84 Å². The summed E-state index contributed by atoms with van der Waals surface area (Å²) in [6.07, 6.45) is 1.84. The first-order chi connectivity index (χ1) is 5.02. The normalized spacial score (nSPS) is 14.2. The minimum absolute atomic E-state index is 0.00389. The van der Waals surface area contributed by atoms with Gasteiger partial charge in [0.05, 0.1) is 0 Å². The maximum absolute atomic E-state index is 9.86. The van der Waals surface area contributed by atoms with E-state index in [1.807, 2.05) is 20.8 Å². The Hall–Kier alpha value is -0.600. The topological polar surface area (TPSA) is 38.7 Å². The summed E-state index contributed by atoms with van der Waals surface area (Å²) in [5, 5.41) is 2.47. The standard InChI is InChI=1S/C8H17NO2/c1-5-6-7(11-9-10)8(2,3)4/h7H,5-6H2,1-4H3. The second kappa shape index (κ2) is 4.31. The minimum atomic E-state index is -0.0509. The van der Waals surface area contributed by atoms with Crippen molar-refractivity contribution in [1.29, 1.82) is 0 Å². The van der Waals surface area contributed by atoms with Crippen LogP contribution in [0.3, 0.4) is 0 Å². The molecule has 0 spiro atoms. The van der Waals surface area contributed by atoms with E-state index < -0.39 is 0 Å². The molecule has 11 heavy (non-hydrogen) atoms. The molecule has 0 heterocycles. The Kier molecular flexibility index (Phi) is 4.08. The SMILES string of the molecule is CCCC(ON=O)C(C)(C)C. The lowest BCUT2D eigenvalue weighted by atomic mass is 9.87. The van der Waals surface area contributed by atoms with E-state index in [4.69, 9.17) is 4.84 Å². The lowest BCUT2D eigenvalue weighted by Gasteiger charge is -2.26. The highest BCUT2D eigenvalue weighted by molar-refractivity contribution is 4.73. The molecule has 0 aliphatic carbocycles. The molecule has 0 saturated heterocycles. The van der Waals surface area contributed by atoms with Crippen molar-refractivity contribution in [2.75, 3.05) is 0 Å². The zero-order chi connectivity index (χ0) is 8.91. The molecule has 3 heteroatoms. The zero-order valence-corrected chi connectivity index (χ0v) is 7.76. The Morgan fingerprint density at radius 3 is 2.27 bits per heavy atom. The molecule has 1 unspecified atom stereocenters. The van der Waals surface area contributed by atoms with E-state index in [9.17, 15) is 4.91 Å². The Morgan fingerprint density at radius 1 is 1.45 bits per heavy atom. The first kappa shape index (κ1) is 10.4. The van der Waals surface area contributed by atoms with Crippen LogP contribution in [-0.4, -0.2) is 6.10 Å². The molecule has 66 valence electrons. The van der Waals surface area contributed by atoms with Crippen LogP contribution in [0.1, 0.15) is 40.5 Å². The number of rotatable bonds is 4. The first-order valence-electron chi connectivity index (χ1n) is 4.00. The maximum atomic E-state index is 9.86. The van der Waals surface area contributed by atoms with E-state index in [0.717, 1.165) is 12.8 Å². The molecule has 1 atom stereocenters. The summed E-state index contributed by atoms with van der Waals surface area (Å²) in [6, 6.07) is 0. The van der Waals surface area contributed by atoms with Crippen molar-refractivity contribution in [3.63, 3.8) is 0 Å². The van der Waals surface area contributed by atoms with Gasteiger partial charge in [0.15, 0.2) is 5.34 Å². The summed E-state index contributed by atoms with van der Waals surface area (Å²) in [4.78, 5) is 14.6. The average molecular weight is 159 g/mol. The van der Waals surface area contributed by atoms with Crippen LogP contribution < -0.4 is 0 Å². The van der Waals surface area contributed by atoms with Crippen molar-refractivity contribution in [1.82, 2.24) is 0 Å². The molecule has 3 nitrogen and oxygen atoms in total. The molecule has 0 radical (unpaired) electrons. The number of nitrogens with zero attached hydrogens (tertiary/aromatic N) is 1. The monoisotopic (exact) mass is 159 g/mol. The van der Waals surface area contributed by atoms with E-state index in [1.165, 1.54) is 0 Å². The van der Waals surface area contributed by atoms with Crippen LogP contribution in [0, 0.1) is 10.3 Å². The third-order valence-electron chi connectivity index (χ3n) is 1.69.